The molecule has 1 fully saturated rings. The number of carboxylic acids is 1. The van der Waals surface area contributed by atoms with Gasteiger partial charge in [0.1, 0.15) is 22.9 Å². The summed E-state index contributed by atoms with van der Waals surface area (Å²) in [7, 11) is -1.23. The predicted molar refractivity (Wildman–Crippen MR) is 173 cm³/mol. The van der Waals surface area contributed by atoms with E-state index < -0.39 is 42.8 Å². The summed E-state index contributed by atoms with van der Waals surface area (Å²) in [6.45, 7) is 5.02. The van der Waals surface area contributed by atoms with Crippen LogP contribution in [0.2, 0.25) is 0 Å². The Hall–Kier alpha value is -4.47. The van der Waals surface area contributed by atoms with Crippen LogP contribution in [0.5, 0.6) is 5.75 Å². The summed E-state index contributed by atoms with van der Waals surface area (Å²) in [4.78, 5) is 45.2. The highest BCUT2D eigenvalue weighted by Gasteiger charge is 2.35. The van der Waals surface area contributed by atoms with E-state index in [9.17, 15) is 29.6 Å². The molecule has 0 bridgehead atoms. The van der Waals surface area contributed by atoms with Gasteiger partial charge < -0.3 is 45.3 Å². The van der Waals surface area contributed by atoms with E-state index in [1.807, 2.05) is 18.2 Å². The molecule has 2 atom stereocenters. The first-order valence-corrected chi connectivity index (χ1v) is 15.7. The van der Waals surface area contributed by atoms with Gasteiger partial charge in [-0.15, -0.1) is 0 Å². The molecule has 0 saturated heterocycles. The number of aliphatic hydroxyl groups is 1. The second-order valence-electron chi connectivity index (χ2n) is 12.8. The number of nitrogens with one attached hydrogen (secondary N) is 3. The molecule has 3 aromatic rings. The molecule has 2 aliphatic rings. The molecule has 1 aromatic heterocycles. The lowest BCUT2D eigenvalue weighted by Gasteiger charge is -2.26. The Balaban J connectivity index is 1.17. The summed E-state index contributed by atoms with van der Waals surface area (Å²) in [6.07, 6.45) is 2.58. The number of aromatic nitrogens is 2. The van der Waals surface area contributed by atoms with Crippen molar-refractivity contribution in [1.82, 2.24) is 20.6 Å². The molecule has 0 radical (unpaired) electrons. The van der Waals surface area contributed by atoms with Crippen LogP contribution in [-0.4, -0.2) is 80.7 Å². The Morgan fingerprint density at radius 2 is 1.89 bits per heavy atom. The average molecular weight is 650 g/mol. The van der Waals surface area contributed by atoms with Gasteiger partial charge in [0, 0.05) is 30.2 Å². The van der Waals surface area contributed by atoms with E-state index in [0.717, 1.165) is 18.2 Å². The van der Waals surface area contributed by atoms with Gasteiger partial charge in [0.25, 0.3) is 0 Å². The van der Waals surface area contributed by atoms with Crippen molar-refractivity contribution in [3.63, 3.8) is 0 Å². The van der Waals surface area contributed by atoms with Gasteiger partial charge in [-0.1, -0.05) is 18.2 Å². The number of fused-ring (bicyclic) bond motifs is 2. The van der Waals surface area contributed by atoms with Crippen LogP contribution >= 0.6 is 0 Å². The molecular weight excluding hydrogens is 609 g/mol. The number of aliphatic carboxylic acids is 1. The fourth-order valence-corrected chi connectivity index (χ4v) is 5.55. The van der Waals surface area contributed by atoms with Crippen LogP contribution in [0.15, 0.2) is 42.6 Å². The molecular formula is C32H40BN5O9. The summed E-state index contributed by atoms with van der Waals surface area (Å²) in [6, 6.07) is 9.67. The van der Waals surface area contributed by atoms with Crippen molar-refractivity contribution in [2.75, 3.05) is 11.9 Å². The number of amides is 2. The largest absolute Gasteiger partial charge is 0.492 e. The maximum absolute atomic E-state index is 12.5. The standard InChI is InChI=1S/C32H40BN5O9/c1-32(2,3)46-31(43)37-24(29(41)42)13-14-27(40)34-17-26-22-12-7-19(15-23(22)33(44)47-26)36-30-35-16-18-5-4-6-25(28(18)38-30)45-21-10-8-20(39)9-11-21/h4-7,12,15-16,20-21,24,26,39,44H,8-11,13-14,17H2,1-3H3,(H,34,40)(H,37,43)(H,41,42)(H,35,36,38)/t20?,21?,24-,26?/m0/s1. The molecule has 2 aromatic carbocycles. The van der Waals surface area contributed by atoms with Gasteiger partial charge >= 0.3 is 19.2 Å². The summed E-state index contributed by atoms with van der Waals surface area (Å²) in [5.74, 6) is -0.738. The number of benzene rings is 2. The fourth-order valence-electron chi connectivity index (χ4n) is 5.55. The molecule has 14 nitrogen and oxygen atoms in total. The number of hydrogen-bond acceptors (Lipinski definition) is 11. The summed E-state index contributed by atoms with van der Waals surface area (Å²) >= 11 is 0. The van der Waals surface area contributed by atoms with Gasteiger partial charge in [0.15, 0.2) is 0 Å². The normalized spacial score (nSPS) is 19.9. The van der Waals surface area contributed by atoms with Crippen molar-refractivity contribution in [2.45, 2.75) is 89.3 Å². The molecule has 15 heteroatoms. The number of carbonyl (C=O) groups is 3. The number of aliphatic hydroxyl groups excluding tert-OH is 1. The number of alkyl carbamates (subject to hydrolysis) is 1. The van der Waals surface area contributed by atoms with Gasteiger partial charge in [-0.05, 0) is 82.1 Å². The third-order valence-corrected chi connectivity index (χ3v) is 7.89. The molecule has 1 unspecified atom stereocenters. The van der Waals surface area contributed by atoms with Crippen LogP contribution in [0.25, 0.3) is 10.9 Å². The lowest BCUT2D eigenvalue weighted by molar-refractivity contribution is -0.139. The van der Waals surface area contributed by atoms with E-state index in [2.05, 4.69) is 20.9 Å². The summed E-state index contributed by atoms with van der Waals surface area (Å²) < 4.78 is 17.0. The van der Waals surface area contributed by atoms with Crippen LogP contribution in [0.1, 0.15) is 71.0 Å². The summed E-state index contributed by atoms with van der Waals surface area (Å²) in [5, 5.41) is 38.9. The van der Waals surface area contributed by atoms with Gasteiger partial charge in [0.2, 0.25) is 11.9 Å². The Bertz CT molecular complexity index is 1610. The van der Waals surface area contributed by atoms with Crippen molar-refractivity contribution in [3.8, 4) is 5.75 Å². The van der Waals surface area contributed by atoms with Crippen LogP contribution in [-0.2, 0) is 19.0 Å². The first-order valence-electron chi connectivity index (χ1n) is 15.7. The number of nitrogens with zero attached hydrogens (tertiary/aromatic N) is 2. The molecule has 1 saturated carbocycles. The van der Waals surface area contributed by atoms with Gasteiger partial charge in [-0.3, -0.25) is 4.79 Å². The highest BCUT2D eigenvalue weighted by atomic mass is 16.6. The highest BCUT2D eigenvalue weighted by molar-refractivity contribution is 6.62. The first kappa shape index (κ1) is 33.9. The van der Waals surface area contributed by atoms with Crippen LogP contribution in [0.3, 0.4) is 0 Å². The maximum Gasteiger partial charge on any atom is 0.492 e. The third kappa shape index (κ3) is 9.08. The highest BCUT2D eigenvalue weighted by Crippen LogP contribution is 2.30. The predicted octanol–water partition coefficient (Wildman–Crippen LogP) is 2.69. The fraction of sp³-hybridized carbons (Fsp3) is 0.469. The minimum Gasteiger partial charge on any atom is -0.488 e. The van der Waals surface area contributed by atoms with E-state index in [0.29, 0.717) is 46.8 Å². The number of para-hydroxylation sites is 1. The van der Waals surface area contributed by atoms with Crippen molar-refractivity contribution in [3.05, 3.63) is 48.2 Å². The third-order valence-electron chi connectivity index (χ3n) is 7.89. The smallest absolute Gasteiger partial charge is 0.488 e. The molecule has 6 N–H and O–H groups in total. The molecule has 2 amide bonds. The zero-order valence-electron chi connectivity index (χ0n) is 26.6. The van der Waals surface area contributed by atoms with Crippen LogP contribution in [0.4, 0.5) is 16.4 Å². The maximum atomic E-state index is 12.5. The zero-order chi connectivity index (χ0) is 33.7. The van der Waals surface area contributed by atoms with Crippen molar-refractivity contribution < 1.29 is 43.7 Å². The van der Waals surface area contributed by atoms with E-state index in [1.165, 1.54) is 0 Å². The van der Waals surface area contributed by atoms with E-state index >= 15 is 0 Å². The lowest BCUT2D eigenvalue weighted by atomic mass is 9.79. The van der Waals surface area contributed by atoms with E-state index in [1.54, 1.807) is 45.2 Å². The number of hydrogen-bond donors (Lipinski definition) is 6. The Morgan fingerprint density at radius 1 is 1.13 bits per heavy atom. The molecule has 1 aliphatic heterocycles. The van der Waals surface area contributed by atoms with Crippen molar-refractivity contribution in [2.24, 2.45) is 0 Å². The van der Waals surface area contributed by atoms with E-state index in [-0.39, 0.29) is 31.6 Å². The minimum atomic E-state index is -1.30. The van der Waals surface area contributed by atoms with Crippen LogP contribution < -0.4 is 26.2 Å². The monoisotopic (exact) mass is 649 g/mol. The number of rotatable bonds is 11. The van der Waals surface area contributed by atoms with Crippen LogP contribution in [0, 0.1) is 0 Å². The number of carbonyl (C=O) groups excluding carboxylic acids is 2. The molecule has 1 aliphatic carbocycles. The molecule has 5 rings (SSSR count). The van der Waals surface area contributed by atoms with Gasteiger partial charge in [-0.25, -0.2) is 19.6 Å². The SMILES string of the molecule is CC(C)(C)OC(=O)N[C@@H](CCC(=O)NCC1OB(O)c2cc(Nc3ncc4cccc(OC5CCC(O)CC5)c4n3)ccc21)C(=O)O. The number of carboxylic acid groups (broad SMARTS) is 1. The molecule has 0 spiro atoms. The summed E-state index contributed by atoms with van der Waals surface area (Å²) in [5.41, 5.74) is 1.69. The Labute approximate surface area is 272 Å². The second-order valence-corrected chi connectivity index (χ2v) is 12.8. The second kappa shape index (κ2) is 14.5. The lowest BCUT2D eigenvalue weighted by Crippen LogP contribution is -2.44. The topological polar surface area (TPSA) is 201 Å². The van der Waals surface area contributed by atoms with Crippen molar-refractivity contribution >= 4 is 53.1 Å². The molecule has 47 heavy (non-hydrogen) atoms. The Kier molecular flexibility index (Phi) is 10.5. The average Bonchev–Trinajstić information content (AvgIpc) is 3.33. The Morgan fingerprint density at radius 3 is 2.62 bits per heavy atom. The van der Waals surface area contributed by atoms with Gasteiger partial charge in [-0.2, -0.15) is 0 Å². The van der Waals surface area contributed by atoms with Gasteiger partial charge in [0.05, 0.1) is 18.3 Å². The minimum absolute atomic E-state index is 0.00845. The number of ether oxygens (including phenoxy) is 2. The number of anilines is 2. The van der Waals surface area contributed by atoms with E-state index in [4.69, 9.17) is 19.1 Å². The molecule has 250 valence electrons. The zero-order valence-corrected chi connectivity index (χ0v) is 26.6. The van der Waals surface area contributed by atoms with Crippen molar-refractivity contribution in [1.29, 1.82) is 0 Å². The molecule has 2 heterocycles. The quantitative estimate of drug-likeness (QED) is 0.166. The first-order chi connectivity index (χ1) is 22.3.